The van der Waals surface area contributed by atoms with Crippen LogP contribution in [-0.4, -0.2) is 19.0 Å². The Labute approximate surface area is 157 Å². The molecule has 134 valence electrons. The highest BCUT2D eigenvalue weighted by atomic mass is 35.5. The predicted octanol–water partition coefficient (Wildman–Crippen LogP) is 4.86. The number of amides is 1. The van der Waals surface area contributed by atoms with Crippen LogP contribution in [0.5, 0.6) is 0 Å². The van der Waals surface area contributed by atoms with Crippen LogP contribution in [0.1, 0.15) is 31.4 Å². The zero-order chi connectivity index (χ0) is 18.4. The number of halogens is 1. The second-order valence-corrected chi connectivity index (χ2v) is 6.65. The molecular formula is C20H20ClN3O2. The van der Waals surface area contributed by atoms with Crippen molar-refractivity contribution in [3.63, 3.8) is 0 Å². The molecule has 1 aliphatic rings. The molecule has 0 bridgehead atoms. The lowest BCUT2D eigenvalue weighted by molar-refractivity contribution is -0.112. The number of benzene rings is 1. The van der Waals surface area contributed by atoms with Crippen molar-refractivity contribution >= 4 is 35.2 Å². The average molecular weight is 370 g/mol. The zero-order valence-corrected chi connectivity index (χ0v) is 15.1. The Balaban J connectivity index is 1.72. The largest absolute Gasteiger partial charge is 0.441 e. The Kier molecular flexibility index (Phi) is 5.98. The Morgan fingerprint density at radius 1 is 1.19 bits per heavy atom. The summed E-state index contributed by atoms with van der Waals surface area (Å²) in [7, 11) is 0. The number of nitriles is 1. The van der Waals surface area contributed by atoms with Gasteiger partial charge in [-0.2, -0.15) is 5.26 Å². The summed E-state index contributed by atoms with van der Waals surface area (Å²) in [6, 6.07) is 12.4. The van der Waals surface area contributed by atoms with Gasteiger partial charge in [0.05, 0.1) is 0 Å². The van der Waals surface area contributed by atoms with E-state index in [1.807, 2.05) is 12.1 Å². The summed E-state index contributed by atoms with van der Waals surface area (Å²) in [6.45, 7) is 1.94. The fraction of sp³-hybridized carbons (Fsp3) is 0.300. The van der Waals surface area contributed by atoms with Gasteiger partial charge in [-0.25, -0.2) is 0 Å². The third kappa shape index (κ3) is 4.68. The van der Waals surface area contributed by atoms with Crippen LogP contribution < -0.4 is 10.2 Å². The van der Waals surface area contributed by atoms with Crippen LogP contribution in [-0.2, 0) is 4.79 Å². The van der Waals surface area contributed by atoms with Gasteiger partial charge in [0, 0.05) is 35.9 Å². The second-order valence-electron chi connectivity index (χ2n) is 6.21. The fourth-order valence-corrected chi connectivity index (χ4v) is 3.13. The summed E-state index contributed by atoms with van der Waals surface area (Å²) in [6.07, 6.45) is 6.24. The molecule has 0 aliphatic carbocycles. The van der Waals surface area contributed by atoms with Crippen molar-refractivity contribution in [2.24, 2.45) is 0 Å². The quantitative estimate of drug-likeness (QED) is 0.617. The molecule has 1 saturated heterocycles. The molecule has 1 aromatic carbocycles. The number of nitrogens with zero attached hydrogens (tertiary/aromatic N) is 2. The first-order valence-corrected chi connectivity index (χ1v) is 9.07. The van der Waals surface area contributed by atoms with Crippen molar-refractivity contribution in [2.45, 2.75) is 25.7 Å². The number of hydrogen-bond acceptors (Lipinski definition) is 4. The minimum absolute atomic E-state index is 0.0262. The van der Waals surface area contributed by atoms with Crippen LogP contribution in [0.4, 0.5) is 11.6 Å². The van der Waals surface area contributed by atoms with Gasteiger partial charge in [0.15, 0.2) is 5.88 Å². The van der Waals surface area contributed by atoms with E-state index in [1.165, 1.54) is 18.9 Å². The molecule has 1 amide bonds. The van der Waals surface area contributed by atoms with Gasteiger partial charge in [-0.3, -0.25) is 4.79 Å². The van der Waals surface area contributed by atoms with Gasteiger partial charge in [-0.1, -0.05) is 30.5 Å². The van der Waals surface area contributed by atoms with Gasteiger partial charge in [-0.05, 0) is 37.1 Å². The number of anilines is 2. The van der Waals surface area contributed by atoms with E-state index >= 15 is 0 Å². The number of furan rings is 1. The normalized spacial score (nSPS) is 15.2. The van der Waals surface area contributed by atoms with Crippen molar-refractivity contribution < 1.29 is 9.21 Å². The summed E-state index contributed by atoms with van der Waals surface area (Å²) in [5, 5.41) is 12.5. The average Bonchev–Trinajstić information content (AvgIpc) is 2.92. The SMILES string of the molecule is N#C/C(=C\c1ccc(N2CCCCCC2)o1)C(=O)Nc1cccc(Cl)c1. The lowest BCUT2D eigenvalue weighted by Gasteiger charge is -2.18. The molecule has 0 unspecified atom stereocenters. The second kappa shape index (κ2) is 8.59. The maximum atomic E-state index is 12.3. The first kappa shape index (κ1) is 18.1. The Morgan fingerprint density at radius 3 is 2.65 bits per heavy atom. The lowest BCUT2D eigenvalue weighted by atomic mass is 10.2. The van der Waals surface area contributed by atoms with Crippen molar-refractivity contribution in [2.75, 3.05) is 23.3 Å². The summed E-state index contributed by atoms with van der Waals surface area (Å²) >= 11 is 5.91. The van der Waals surface area contributed by atoms with E-state index < -0.39 is 5.91 Å². The van der Waals surface area contributed by atoms with Crippen LogP contribution in [0.25, 0.3) is 6.08 Å². The minimum Gasteiger partial charge on any atom is -0.441 e. The van der Waals surface area contributed by atoms with Gasteiger partial charge in [-0.15, -0.1) is 0 Å². The van der Waals surface area contributed by atoms with Gasteiger partial charge < -0.3 is 14.6 Å². The molecule has 26 heavy (non-hydrogen) atoms. The summed E-state index contributed by atoms with van der Waals surface area (Å²) in [5.74, 6) is 0.773. The van der Waals surface area contributed by atoms with E-state index in [0.29, 0.717) is 16.5 Å². The van der Waals surface area contributed by atoms with Gasteiger partial charge in [0.1, 0.15) is 17.4 Å². The molecule has 0 atom stereocenters. The number of nitrogens with one attached hydrogen (secondary N) is 1. The Morgan fingerprint density at radius 2 is 1.96 bits per heavy atom. The molecule has 0 radical (unpaired) electrons. The molecule has 1 N–H and O–H groups in total. The fourth-order valence-electron chi connectivity index (χ4n) is 2.94. The number of hydrogen-bond donors (Lipinski definition) is 1. The van der Waals surface area contributed by atoms with Gasteiger partial charge in [0.25, 0.3) is 5.91 Å². The summed E-state index contributed by atoms with van der Waals surface area (Å²) in [5.41, 5.74) is 0.509. The van der Waals surface area contributed by atoms with Crippen LogP contribution >= 0.6 is 11.6 Å². The van der Waals surface area contributed by atoms with E-state index in [1.54, 1.807) is 30.3 Å². The zero-order valence-electron chi connectivity index (χ0n) is 14.4. The summed E-state index contributed by atoms with van der Waals surface area (Å²) < 4.78 is 5.83. The molecule has 3 rings (SSSR count). The van der Waals surface area contributed by atoms with E-state index in [-0.39, 0.29) is 5.57 Å². The summed E-state index contributed by atoms with van der Waals surface area (Å²) in [4.78, 5) is 14.5. The third-order valence-corrected chi connectivity index (χ3v) is 4.50. The molecule has 1 aliphatic heterocycles. The van der Waals surface area contributed by atoms with Crippen LogP contribution in [0.15, 0.2) is 46.4 Å². The topological polar surface area (TPSA) is 69.3 Å². The van der Waals surface area contributed by atoms with Crippen LogP contribution in [0.2, 0.25) is 5.02 Å². The monoisotopic (exact) mass is 369 g/mol. The number of carbonyl (C=O) groups excluding carboxylic acids is 1. The van der Waals surface area contributed by atoms with E-state index in [9.17, 15) is 10.1 Å². The molecule has 0 saturated carbocycles. The standard InChI is InChI=1S/C20H20ClN3O2/c21-16-6-5-7-17(13-16)23-20(25)15(14-22)12-18-8-9-19(26-18)24-10-3-1-2-4-11-24/h5-9,12-13H,1-4,10-11H2,(H,23,25)/b15-12+. The predicted molar refractivity (Wildman–Crippen MR) is 103 cm³/mol. The molecule has 2 heterocycles. The smallest absolute Gasteiger partial charge is 0.266 e. The van der Waals surface area contributed by atoms with Crippen molar-refractivity contribution in [3.8, 4) is 6.07 Å². The molecule has 2 aromatic rings. The number of rotatable bonds is 4. The third-order valence-electron chi connectivity index (χ3n) is 4.26. The molecule has 5 nitrogen and oxygen atoms in total. The van der Waals surface area contributed by atoms with Crippen molar-refractivity contribution in [3.05, 3.63) is 52.8 Å². The molecule has 6 heteroatoms. The van der Waals surface area contributed by atoms with Gasteiger partial charge >= 0.3 is 0 Å². The Bertz CT molecular complexity index is 843. The molecular weight excluding hydrogens is 350 g/mol. The highest BCUT2D eigenvalue weighted by molar-refractivity contribution is 6.31. The number of carbonyl (C=O) groups is 1. The lowest BCUT2D eigenvalue weighted by Crippen LogP contribution is -2.23. The van der Waals surface area contributed by atoms with Crippen molar-refractivity contribution in [1.29, 1.82) is 5.26 Å². The minimum atomic E-state index is -0.498. The van der Waals surface area contributed by atoms with Crippen LogP contribution in [0, 0.1) is 11.3 Å². The van der Waals surface area contributed by atoms with E-state index in [4.69, 9.17) is 16.0 Å². The van der Waals surface area contributed by atoms with E-state index in [0.717, 1.165) is 31.8 Å². The molecule has 1 aromatic heterocycles. The maximum Gasteiger partial charge on any atom is 0.266 e. The van der Waals surface area contributed by atoms with Crippen molar-refractivity contribution in [1.82, 2.24) is 0 Å². The molecule has 0 spiro atoms. The first-order chi connectivity index (χ1) is 12.7. The van der Waals surface area contributed by atoms with E-state index in [2.05, 4.69) is 10.2 Å². The van der Waals surface area contributed by atoms with Crippen LogP contribution in [0.3, 0.4) is 0 Å². The highest BCUT2D eigenvalue weighted by Gasteiger charge is 2.15. The first-order valence-electron chi connectivity index (χ1n) is 8.69. The maximum absolute atomic E-state index is 12.3. The Hall–Kier alpha value is -2.71. The van der Waals surface area contributed by atoms with Gasteiger partial charge in [0.2, 0.25) is 0 Å². The highest BCUT2D eigenvalue weighted by Crippen LogP contribution is 2.24. The molecule has 1 fully saturated rings.